The van der Waals surface area contributed by atoms with Crippen LogP contribution in [-0.2, 0) is 4.74 Å². The zero-order valence-electron chi connectivity index (χ0n) is 12.1. The second-order valence-electron chi connectivity index (χ2n) is 5.31. The number of fused-ring (bicyclic) bond motifs is 1. The Morgan fingerprint density at radius 2 is 2.27 bits per heavy atom. The van der Waals surface area contributed by atoms with E-state index in [0.717, 1.165) is 53.1 Å². The van der Waals surface area contributed by atoms with E-state index in [1.165, 1.54) is 0 Å². The van der Waals surface area contributed by atoms with Crippen LogP contribution in [0, 0.1) is 0 Å². The summed E-state index contributed by atoms with van der Waals surface area (Å²) < 4.78 is 16.3. The van der Waals surface area contributed by atoms with Crippen LogP contribution in [0.5, 0.6) is 11.5 Å². The van der Waals surface area contributed by atoms with Crippen molar-refractivity contribution in [2.75, 3.05) is 25.7 Å². The van der Waals surface area contributed by atoms with Crippen molar-refractivity contribution >= 4 is 22.6 Å². The number of hydrazone groups is 1. The minimum atomic E-state index is 0.272. The SMILES string of the molecule is c1cc2c(cc1C1=NNC(=NC[C@H]3CCCO3)SC1)OCO2. The highest BCUT2D eigenvalue weighted by Gasteiger charge is 2.19. The Balaban J connectivity index is 1.41. The third-order valence-electron chi connectivity index (χ3n) is 3.80. The Morgan fingerprint density at radius 3 is 3.09 bits per heavy atom. The molecule has 0 radical (unpaired) electrons. The highest BCUT2D eigenvalue weighted by atomic mass is 32.2. The summed E-state index contributed by atoms with van der Waals surface area (Å²) in [6.07, 6.45) is 2.52. The summed E-state index contributed by atoms with van der Waals surface area (Å²) in [7, 11) is 0. The third kappa shape index (κ3) is 2.91. The van der Waals surface area contributed by atoms with Gasteiger partial charge >= 0.3 is 0 Å². The maximum atomic E-state index is 5.57. The van der Waals surface area contributed by atoms with E-state index in [-0.39, 0.29) is 12.9 Å². The molecule has 0 saturated carbocycles. The van der Waals surface area contributed by atoms with Crippen molar-refractivity contribution in [1.82, 2.24) is 5.43 Å². The van der Waals surface area contributed by atoms with E-state index in [9.17, 15) is 0 Å². The fourth-order valence-corrected chi connectivity index (χ4v) is 3.38. The van der Waals surface area contributed by atoms with Crippen molar-refractivity contribution in [3.8, 4) is 11.5 Å². The Hall–Kier alpha value is -1.73. The molecule has 0 aromatic heterocycles. The number of hydrogen-bond acceptors (Lipinski definition) is 6. The van der Waals surface area contributed by atoms with Crippen LogP contribution in [0.4, 0.5) is 0 Å². The van der Waals surface area contributed by atoms with Crippen molar-refractivity contribution < 1.29 is 14.2 Å². The standard InChI is InChI=1S/C15H17N3O3S/c1-2-11(19-5-1)7-16-15-18-17-12(8-22-15)10-3-4-13-14(6-10)21-9-20-13/h3-4,6,11H,1-2,5,7-9H2,(H,16,18)/t11-/m1/s1. The van der Waals surface area contributed by atoms with Crippen LogP contribution in [0.3, 0.4) is 0 Å². The summed E-state index contributed by atoms with van der Waals surface area (Å²) in [4.78, 5) is 4.54. The molecule has 0 unspecified atom stereocenters. The maximum Gasteiger partial charge on any atom is 0.231 e. The Labute approximate surface area is 132 Å². The Morgan fingerprint density at radius 1 is 1.32 bits per heavy atom. The first-order valence-corrected chi connectivity index (χ1v) is 8.38. The van der Waals surface area contributed by atoms with Gasteiger partial charge in [0.05, 0.1) is 18.4 Å². The molecule has 3 aliphatic heterocycles. The number of nitrogens with one attached hydrogen (secondary N) is 1. The van der Waals surface area contributed by atoms with Crippen LogP contribution in [0.2, 0.25) is 0 Å². The molecule has 1 aromatic carbocycles. The quantitative estimate of drug-likeness (QED) is 0.923. The lowest BCUT2D eigenvalue weighted by Crippen LogP contribution is -2.26. The van der Waals surface area contributed by atoms with Crippen molar-refractivity contribution in [2.45, 2.75) is 18.9 Å². The lowest BCUT2D eigenvalue weighted by Gasteiger charge is -2.15. The molecule has 4 rings (SSSR count). The number of benzene rings is 1. The van der Waals surface area contributed by atoms with E-state index < -0.39 is 0 Å². The van der Waals surface area contributed by atoms with Gasteiger partial charge in [-0.15, -0.1) is 0 Å². The summed E-state index contributed by atoms with van der Waals surface area (Å²) in [5.41, 5.74) is 5.06. The first-order valence-electron chi connectivity index (χ1n) is 7.40. The van der Waals surface area contributed by atoms with Crippen LogP contribution in [0.25, 0.3) is 0 Å². The predicted molar refractivity (Wildman–Crippen MR) is 86.0 cm³/mol. The van der Waals surface area contributed by atoms with E-state index in [0.29, 0.717) is 6.54 Å². The summed E-state index contributed by atoms with van der Waals surface area (Å²) in [6.45, 7) is 1.87. The van der Waals surface area contributed by atoms with E-state index in [1.54, 1.807) is 11.8 Å². The van der Waals surface area contributed by atoms with Gasteiger partial charge in [-0.3, -0.25) is 10.4 Å². The summed E-state index contributed by atoms with van der Waals surface area (Å²) in [5, 5.41) is 5.29. The van der Waals surface area contributed by atoms with Gasteiger partial charge < -0.3 is 14.2 Å². The lowest BCUT2D eigenvalue weighted by molar-refractivity contribution is 0.118. The van der Waals surface area contributed by atoms with Crippen LogP contribution in [0.15, 0.2) is 28.3 Å². The van der Waals surface area contributed by atoms with Crippen LogP contribution in [0.1, 0.15) is 18.4 Å². The molecule has 22 heavy (non-hydrogen) atoms. The highest BCUT2D eigenvalue weighted by Crippen LogP contribution is 2.33. The molecule has 6 nitrogen and oxygen atoms in total. The van der Waals surface area contributed by atoms with Crippen LogP contribution in [-0.4, -0.2) is 42.7 Å². The van der Waals surface area contributed by atoms with Gasteiger partial charge in [-0.1, -0.05) is 11.8 Å². The lowest BCUT2D eigenvalue weighted by atomic mass is 10.1. The number of aliphatic imine (C=N–C) groups is 1. The van der Waals surface area contributed by atoms with Gasteiger partial charge in [-0.2, -0.15) is 5.10 Å². The fraction of sp³-hybridized carbons (Fsp3) is 0.467. The first kappa shape index (κ1) is 13.9. The molecule has 1 atom stereocenters. The van der Waals surface area contributed by atoms with Gasteiger partial charge in [0.15, 0.2) is 16.7 Å². The van der Waals surface area contributed by atoms with Crippen molar-refractivity contribution in [2.24, 2.45) is 10.1 Å². The molecule has 1 fully saturated rings. The summed E-state index contributed by atoms with van der Waals surface area (Å²) in [5.74, 6) is 2.36. The molecule has 7 heteroatoms. The van der Waals surface area contributed by atoms with Gasteiger partial charge in [0.2, 0.25) is 6.79 Å². The largest absolute Gasteiger partial charge is 0.454 e. The van der Waals surface area contributed by atoms with Gasteiger partial charge in [0, 0.05) is 17.9 Å². The molecule has 0 spiro atoms. The highest BCUT2D eigenvalue weighted by molar-refractivity contribution is 8.14. The zero-order chi connectivity index (χ0) is 14.8. The molecule has 3 aliphatic rings. The molecule has 3 heterocycles. The first-order chi connectivity index (χ1) is 10.9. The van der Waals surface area contributed by atoms with Gasteiger partial charge in [0.25, 0.3) is 0 Å². The number of hydrogen-bond donors (Lipinski definition) is 1. The molecule has 0 aliphatic carbocycles. The van der Waals surface area contributed by atoms with Gasteiger partial charge in [-0.25, -0.2) is 0 Å². The number of amidine groups is 1. The molecule has 1 saturated heterocycles. The minimum absolute atomic E-state index is 0.272. The van der Waals surface area contributed by atoms with E-state index in [1.807, 2.05) is 18.2 Å². The fourth-order valence-electron chi connectivity index (χ4n) is 2.59. The number of thioether (sulfide) groups is 1. The van der Waals surface area contributed by atoms with Crippen LogP contribution >= 0.6 is 11.8 Å². The average Bonchev–Trinajstić information content (AvgIpc) is 3.24. The number of nitrogens with zero attached hydrogens (tertiary/aromatic N) is 2. The monoisotopic (exact) mass is 319 g/mol. The normalized spacial score (nSPS) is 25.2. The molecule has 0 amide bonds. The minimum Gasteiger partial charge on any atom is -0.454 e. The average molecular weight is 319 g/mol. The van der Waals surface area contributed by atoms with Crippen molar-refractivity contribution in [1.29, 1.82) is 0 Å². The maximum absolute atomic E-state index is 5.57. The van der Waals surface area contributed by atoms with Gasteiger partial charge in [-0.05, 0) is 31.0 Å². The molecular formula is C15H17N3O3S. The summed E-state index contributed by atoms with van der Waals surface area (Å²) >= 11 is 1.66. The topological polar surface area (TPSA) is 64.4 Å². The Bertz CT molecular complexity index is 626. The second-order valence-corrected chi connectivity index (χ2v) is 6.27. The molecule has 1 aromatic rings. The number of rotatable bonds is 3. The predicted octanol–water partition coefficient (Wildman–Crippen LogP) is 1.99. The Kier molecular flexibility index (Phi) is 3.90. The third-order valence-corrected chi connectivity index (χ3v) is 4.71. The molecule has 1 N–H and O–H groups in total. The second kappa shape index (κ2) is 6.18. The van der Waals surface area contributed by atoms with E-state index in [4.69, 9.17) is 14.2 Å². The number of ether oxygens (including phenoxy) is 3. The van der Waals surface area contributed by atoms with Crippen molar-refractivity contribution in [3.05, 3.63) is 23.8 Å². The summed E-state index contributed by atoms with van der Waals surface area (Å²) in [6, 6.07) is 5.90. The van der Waals surface area contributed by atoms with Crippen molar-refractivity contribution in [3.63, 3.8) is 0 Å². The smallest absolute Gasteiger partial charge is 0.231 e. The molecule has 0 bridgehead atoms. The molecular weight excluding hydrogens is 302 g/mol. The van der Waals surface area contributed by atoms with E-state index in [2.05, 4.69) is 15.5 Å². The van der Waals surface area contributed by atoms with Crippen LogP contribution < -0.4 is 14.9 Å². The van der Waals surface area contributed by atoms with E-state index >= 15 is 0 Å². The van der Waals surface area contributed by atoms with Gasteiger partial charge in [0.1, 0.15) is 0 Å². The zero-order valence-corrected chi connectivity index (χ0v) is 12.9. The molecule has 116 valence electrons.